The molecular formula is C11H21N3O3. The maximum Gasteiger partial charge on any atom is 0.314 e. The van der Waals surface area contributed by atoms with Gasteiger partial charge in [-0.1, -0.05) is 0 Å². The average Bonchev–Trinajstić information content (AvgIpc) is 3.08. The molecule has 0 aromatic rings. The fourth-order valence-corrected chi connectivity index (χ4v) is 1.57. The van der Waals surface area contributed by atoms with Crippen molar-refractivity contribution in [1.82, 2.24) is 15.5 Å². The summed E-state index contributed by atoms with van der Waals surface area (Å²) in [7, 11) is 2.06. The summed E-state index contributed by atoms with van der Waals surface area (Å²) < 4.78 is 0. The molecule has 1 saturated carbocycles. The fraction of sp³-hybridized carbons (Fsp3) is 0.818. The number of hydrogen-bond donors (Lipinski definition) is 3. The summed E-state index contributed by atoms with van der Waals surface area (Å²) in [6.45, 7) is 2.80. The quantitative estimate of drug-likeness (QED) is 0.598. The number of urea groups is 1. The molecule has 0 spiro atoms. The largest absolute Gasteiger partial charge is 0.481 e. The maximum absolute atomic E-state index is 11.3. The van der Waals surface area contributed by atoms with Crippen molar-refractivity contribution in [2.24, 2.45) is 0 Å². The topological polar surface area (TPSA) is 81.7 Å². The van der Waals surface area contributed by atoms with Crippen LogP contribution in [-0.4, -0.2) is 54.2 Å². The summed E-state index contributed by atoms with van der Waals surface area (Å²) in [5.74, 6) is -0.910. The van der Waals surface area contributed by atoms with Crippen LogP contribution < -0.4 is 10.6 Å². The van der Waals surface area contributed by atoms with E-state index < -0.39 is 5.97 Å². The van der Waals surface area contributed by atoms with Gasteiger partial charge in [-0.15, -0.1) is 0 Å². The van der Waals surface area contributed by atoms with Gasteiger partial charge in [0.25, 0.3) is 0 Å². The molecule has 1 unspecified atom stereocenters. The second-order valence-corrected chi connectivity index (χ2v) is 4.53. The summed E-state index contributed by atoms with van der Waals surface area (Å²) in [4.78, 5) is 23.8. The Hall–Kier alpha value is -1.30. The average molecular weight is 243 g/mol. The molecule has 1 atom stereocenters. The van der Waals surface area contributed by atoms with Crippen molar-refractivity contribution >= 4 is 12.0 Å². The Labute approximate surface area is 101 Å². The highest BCUT2D eigenvalue weighted by Crippen LogP contribution is 2.26. The molecule has 6 heteroatoms. The summed E-state index contributed by atoms with van der Waals surface area (Å²) in [6.07, 6.45) is 2.43. The van der Waals surface area contributed by atoms with Crippen LogP contribution in [0.5, 0.6) is 0 Å². The van der Waals surface area contributed by atoms with Gasteiger partial charge in [-0.05, 0) is 26.8 Å². The molecule has 0 aliphatic heterocycles. The van der Waals surface area contributed by atoms with Gasteiger partial charge in [-0.2, -0.15) is 0 Å². The lowest BCUT2D eigenvalue weighted by Crippen LogP contribution is -2.44. The molecule has 1 fully saturated rings. The van der Waals surface area contributed by atoms with Crippen molar-refractivity contribution in [1.29, 1.82) is 0 Å². The zero-order chi connectivity index (χ0) is 12.8. The summed E-state index contributed by atoms with van der Waals surface area (Å²) in [5, 5.41) is 13.6. The van der Waals surface area contributed by atoms with E-state index in [0.717, 1.165) is 0 Å². The van der Waals surface area contributed by atoms with Crippen LogP contribution in [0.2, 0.25) is 0 Å². The summed E-state index contributed by atoms with van der Waals surface area (Å²) >= 11 is 0. The number of carbonyl (C=O) groups excluding carboxylic acids is 1. The number of nitrogens with one attached hydrogen (secondary N) is 2. The van der Waals surface area contributed by atoms with Crippen LogP contribution in [0.1, 0.15) is 26.2 Å². The van der Waals surface area contributed by atoms with E-state index in [1.54, 1.807) is 0 Å². The lowest BCUT2D eigenvalue weighted by molar-refractivity contribution is -0.136. The van der Waals surface area contributed by atoms with Crippen LogP contribution in [0.15, 0.2) is 0 Å². The van der Waals surface area contributed by atoms with Crippen LogP contribution >= 0.6 is 0 Å². The molecule has 0 aromatic heterocycles. The zero-order valence-corrected chi connectivity index (χ0v) is 10.4. The van der Waals surface area contributed by atoms with E-state index in [9.17, 15) is 9.59 Å². The van der Waals surface area contributed by atoms with Crippen molar-refractivity contribution < 1.29 is 14.7 Å². The first-order valence-corrected chi connectivity index (χ1v) is 5.96. The highest BCUT2D eigenvalue weighted by Gasteiger charge is 2.28. The molecule has 3 N–H and O–H groups in total. The molecule has 0 radical (unpaired) electrons. The van der Waals surface area contributed by atoms with Crippen LogP contribution in [0.4, 0.5) is 4.79 Å². The molecule has 0 bridgehead atoms. The van der Waals surface area contributed by atoms with Crippen LogP contribution in [-0.2, 0) is 4.79 Å². The van der Waals surface area contributed by atoms with E-state index in [1.807, 2.05) is 0 Å². The molecular weight excluding hydrogens is 222 g/mol. The first-order valence-electron chi connectivity index (χ1n) is 5.96. The predicted molar refractivity (Wildman–Crippen MR) is 63.9 cm³/mol. The Morgan fingerprint density at radius 3 is 2.59 bits per heavy atom. The Morgan fingerprint density at radius 2 is 2.06 bits per heavy atom. The van der Waals surface area contributed by atoms with Crippen molar-refractivity contribution in [2.75, 3.05) is 20.1 Å². The first-order chi connectivity index (χ1) is 8.00. The highest BCUT2D eigenvalue weighted by molar-refractivity contribution is 5.74. The van der Waals surface area contributed by atoms with Crippen molar-refractivity contribution in [3.8, 4) is 0 Å². The third-order valence-corrected chi connectivity index (χ3v) is 3.00. The van der Waals surface area contributed by atoms with Crippen molar-refractivity contribution in [2.45, 2.75) is 38.3 Å². The van der Waals surface area contributed by atoms with Gasteiger partial charge < -0.3 is 15.7 Å². The van der Waals surface area contributed by atoms with E-state index >= 15 is 0 Å². The number of carboxylic acids is 1. The van der Waals surface area contributed by atoms with Gasteiger partial charge in [-0.3, -0.25) is 9.69 Å². The second kappa shape index (κ2) is 6.44. The molecule has 1 aliphatic rings. The summed E-state index contributed by atoms with van der Waals surface area (Å²) in [6, 6.07) is 0.664. The van der Waals surface area contributed by atoms with E-state index in [1.165, 1.54) is 12.8 Å². The lowest BCUT2D eigenvalue weighted by atomic mass is 10.3. The van der Waals surface area contributed by atoms with Crippen molar-refractivity contribution in [3.05, 3.63) is 0 Å². The van der Waals surface area contributed by atoms with Gasteiger partial charge in [0.2, 0.25) is 0 Å². The number of amides is 2. The third kappa shape index (κ3) is 5.53. The minimum Gasteiger partial charge on any atom is -0.481 e. The second-order valence-electron chi connectivity index (χ2n) is 4.53. The van der Waals surface area contributed by atoms with Crippen LogP contribution in [0.3, 0.4) is 0 Å². The molecule has 1 rings (SSSR count). The Morgan fingerprint density at radius 1 is 1.41 bits per heavy atom. The van der Waals surface area contributed by atoms with Gasteiger partial charge in [0.1, 0.15) is 0 Å². The number of nitrogens with zero attached hydrogens (tertiary/aromatic N) is 1. The van der Waals surface area contributed by atoms with E-state index in [0.29, 0.717) is 18.6 Å². The zero-order valence-electron chi connectivity index (χ0n) is 10.4. The van der Waals surface area contributed by atoms with Gasteiger partial charge in [-0.25, -0.2) is 4.79 Å². The molecule has 2 amide bonds. The minimum absolute atomic E-state index is 0.0506. The van der Waals surface area contributed by atoms with E-state index in [2.05, 4.69) is 29.5 Å². The third-order valence-electron chi connectivity index (χ3n) is 3.00. The number of carbonyl (C=O) groups is 2. The normalized spacial score (nSPS) is 16.6. The minimum atomic E-state index is -0.910. The highest BCUT2D eigenvalue weighted by atomic mass is 16.4. The smallest absolute Gasteiger partial charge is 0.314 e. The molecule has 0 heterocycles. The number of carboxylic acid groups (broad SMARTS) is 1. The van der Waals surface area contributed by atoms with Crippen LogP contribution in [0.25, 0.3) is 0 Å². The molecule has 6 nitrogen and oxygen atoms in total. The Kier molecular flexibility index (Phi) is 5.21. The lowest BCUT2D eigenvalue weighted by Gasteiger charge is -2.24. The fourth-order valence-electron chi connectivity index (χ4n) is 1.57. The van der Waals surface area contributed by atoms with E-state index in [-0.39, 0.29) is 19.0 Å². The SMILES string of the molecule is CC(CNC(=O)NCCC(=O)O)N(C)C1CC1. The van der Waals surface area contributed by atoms with Gasteiger partial charge in [0.15, 0.2) is 0 Å². The van der Waals surface area contributed by atoms with Gasteiger partial charge in [0.05, 0.1) is 6.42 Å². The number of hydrogen-bond acceptors (Lipinski definition) is 3. The number of rotatable bonds is 7. The Balaban J connectivity index is 2.07. The standard InChI is InChI=1S/C11H21N3O3/c1-8(14(2)9-3-4-9)7-13-11(17)12-6-5-10(15)16/h8-9H,3-7H2,1-2H3,(H,15,16)(H2,12,13,17). The van der Waals surface area contributed by atoms with E-state index in [4.69, 9.17) is 5.11 Å². The summed E-state index contributed by atoms with van der Waals surface area (Å²) in [5.41, 5.74) is 0. The van der Waals surface area contributed by atoms with Crippen molar-refractivity contribution in [3.63, 3.8) is 0 Å². The monoisotopic (exact) mass is 243 g/mol. The number of likely N-dealkylation sites (N-methyl/N-ethyl adjacent to an activating group) is 1. The maximum atomic E-state index is 11.3. The number of aliphatic carboxylic acids is 1. The van der Waals surface area contributed by atoms with Crippen LogP contribution in [0, 0.1) is 0 Å². The molecule has 17 heavy (non-hydrogen) atoms. The Bertz CT molecular complexity index is 279. The molecule has 98 valence electrons. The predicted octanol–water partition coefficient (Wildman–Crippen LogP) is 0.243. The molecule has 1 aliphatic carbocycles. The van der Waals surface area contributed by atoms with Gasteiger partial charge >= 0.3 is 12.0 Å². The first kappa shape index (κ1) is 13.8. The molecule has 0 saturated heterocycles. The van der Waals surface area contributed by atoms with Gasteiger partial charge in [0, 0.05) is 25.2 Å². The molecule has 0 aromatic carbocycles.